The van der Waals surface area contributed by atoms with Gasteiger partial charge in [0, 0.05) is 22.1 Å². The molecule has 0 fully saturated rings. The van der Waals surface area contributed by atoms with E-state index in [4.69, 9.17) is 0 Å². The van der Waals surface area contributed by atoms with Crippen LogP contribution in [0.4, 0.5) is 0 Å². The van der Waals surface area contributed by atoms with Gasteiger partial charge in [0.15, 0.2) is 0 Å². The average Bonchev–Trinajstić information content (AvgIpc) is 3.11. The summed E-state index contributed by atoms with van der Waals surface area (Å²) >= 11 is 4.94. The second-order valence-electron chi connectivity index (χ2n) is 5.47. The molecule has 4 nitrogen and oxygen atoms in total. The summed E-state index contributed by atoms with van der Waals surface area (Å²) in [4.78, 5) is 13.0. The number of benzene rings is 2. The number of hydrogen-bond donors (Lipinski definition) is 1. The number of halogens is 1. The third kappa shape index (κ3) is 5.47. The van der Waals surface area contributed by atoms with E-state index < -0.39 is 0 Å². The smallest absolute Gasteiger partial charge is 0.230 e. The van der Waals surface area contributed by atoms with Gasteiger partial charge in [0.05, 0.1) is 17.6 Å². The predicted octanol–water partition coefficient (Wildman–Crippen LogP) is 4.09. The second kappa shape index (κ2) is 8.87. The van der Waals surface area contributed by atoms with Gasteiger partial charge in [-0.1, -0.05) is 34.1 Å². The van der Waals surface area contributed by atoms with E-state index in [1.54, 1.807) is 0 Å². The highest BCUT2D eigenvalue weighted by Crippen LogP contribution is 2.20. The lowest BCUT2D eigenvalue weighted by molar-refractivity contribution is -0.118. The summed E-state index contributed by atoms with van der Waals surface area (Å²) < 4.78 is 2.89. The third-order valence-electron chi connectivity index (χ3n) is 3.58. The van der Waals surface area contributed by atoms with Crippen LogP contribution in [0.15, 0.2) is 76.4 Å². The normalized spacial score (nSPS) is 10.6. The lowest BCUT2D eigenvalue weighted by Gasteiger charge is -2.04. The molecule has 0 aliphatic rings. The molecule has 1 heterocycles. The van der Waals surface area contributed by atoms with Crippen LogP contribution in [0.5, 0.6) is 0 Å². The number of carbonyl (C=O) groups is 1. The summed E-state index contributed by atoms with van der Waals surface area (Å²) in [5.74, 6) is 0.466. The summed E-state index contributed by atoms with van der Waals surface area (Å²) in [6.07, 6.45) is 4.61. The molecule has 1 aromatic heterocycles. The van der Waals surface area contributed by atoms with E-state index in [1.165, 1.54) is 11.8 Å². The van der Waals surface area contributed by atoms with E-state index in [2.05, 4.69) is 26.3 Å². The molecule has 25 heavy (non-hydrogen) atoms. The molecule has 1 amide bonds. The minimum absolute atomic E-state index is 0.0448. The molecular weight excluding hydrogens is 398 g/mol. The maximum absolute atomic E-state index is 11.9. The van der Waals surface area contributed by atoms with Crippen molar-refractivity contribution in [3.8, 4) is 5.69 Å². The van der Waals surface area contributed by atoms with Crippen LogP contribution in [0.3, 0.4) is 0 Å². The standard InChI is InChI=1S/C19H18BrN3OS/c20-16-6-8-18(9-7-16)25-14-19(24)21-11-10-15-12-22-23(13-15)17-4-2-1-3-5-17/h1-9,12-13H,10-11,14H2,(H,21,24). The van der Waals surface area contributed by atoms with E-state index in [0.29, 0.717) is 12.3 Å². The summed E-state index contributed by atoms with van der Waals surface area (Å²) in [7, 11) is 0. The van der Waals surface area contributed by atoms with Gasteiger partial charge in [-0.25, -0.2) is 4.68 Å². The number of nitrogens with zero attached hydrogens (tertiary/aromatic N) is 2. The van der Waals surface area contributed by atoms with E-state index in [0.717, 1.165) is 27.0 Å². The number of carbonyl (C=O) groups excluding carboxylic acids is 1. The van der Waals surface area contributed by atoms with Crippen LogP contribution in [0.25, 0.3) is 5.69 Å². The number of rotatable bonds is 7. The van der Waals surface area contributed by atoms with Gasteiger partial charge in [0.25, 0.3) is 0 Å². The Kier molecular flexibility index (Phi) is 6.30. The van der Waals surface area contributed by atoms with Gasteiger partial charge in [-0.3, -0.25) is 4.79 Å². The van der Waals surface area contributed by atoms with Crippen LogP contribution in [0.1, 0.15) is 5.56 Å². The molecule has 6 heteroatoms. The molecule has 1 N–H and O–H groups in total. The van der Waals surface area contributed by atoms with Crippen molar-refractivity contribution < 1.29 is 4.79 Å². The van der Waals surface area contributed by atoms with Crippen molar-refractivity contribution in [2.75, 3.05) is 12.3 Å². The first-order chi connectivity index (χ1) is 12.2. The van der Waals surface area contributed by atoms with Crippen LogP contribution in [0.2, 0.25) is 0 Å². The Morgan fingerprint density at radius 1 is 1.12 bits per heavy atom. The largest absolute Gasteiger partial charge is 0.355 e. The van der Waals surface area contributed by atoms with Crippen molar-refractivity contribution in [2.45, 2.75) is 11.3 Å². The molecule has 0 radical (unpaired) electrons. The highest BCUT2D eigenvalue weighted by atomic mass is 79.9. The van der Waals surface area contributed by atoms with Crippen LogP contribution in [0, 0.1) is 0 Å². The molecule has 3 rings (SSSR count). The quantitative estimate of drug-likeness (QED) is 0.591. The minimum Gasteiger partial charge on any atom is -0.355 e. The first kappa shape index (κ1) is 17.8. The van der Waals surface area contributed by atoms with E-state index in [1.807, 2.05) is 71.7 Å². The highest BCUT2D eigenvalue weighted by Gasteiger charge is 2.04. The minimum atomic E-state index is 0.0448. The SMILES string of the molecule is O=C(CSc1ccc(Br)cc1)NCCc1cnn(-c2ccccc2)c1. The van der Waals surface area contributed by atoms with Crippen molar-refractivity contribution in [1.82, 2.24) is 15.1 Å². The summed E-state index contributed by atoms with van der Waals surface area (Å²) in [6, 6.07) is 17.9. The zero-order valence-electron chi connectivity index (χ0n) is 13.6. The van der Waals surface area contributed by atoms with Crippen molar-refractivity contribution in [3.63, 3.8) is 0 Å². The number of nitrogens with one attached hydrogen (secondary N) is 1. The topological polar surface area (TPSA) is 46.9 Å². The Balaban J connectivity index is 1.41. The Labute approximate surface area is 159 Å². The Bertz CT molecular complexity index is 818. The van der Waals surface area contributed by atoms with Gasteiger partial charge in [0.1, 0.15) is 0 Å². The molecule has 0 aliphatic heterocycles. The van der Waals surface area contributed by atoms with Gasteiger partial charge in [-0.15, -0.1) is 11.8 Å². The van der Waals surface area contributed by atoms with Gasteiger partial charge in [-0.05, 0) is 48.4 Å². The van der Waals surface area contributed by atoms with Crippen molar-refractivity contribution >= 4 is 33.6 Å². The van der Waals surface area contributed by atoms with E-state index >= 15 is 0 Å². The molecule has 3 aromatic rings. The Morgan fingerprint density at radius 3 is 2.64 bits per heavy atom. The van der Waals surface area contributed by atoms with Gasteiger partial charge in [0.2, 0.25) is 5.91 Å². The lowest BCUT2D eigenvalue weighted by atomic mass is 10.2. The summed E-state index contributed by atoms with van der Waals surface area (Å²) in [5, 5.41) is 7.32. The maximum Gasteiger partial charge on any atom is 0.230 e. The number of para-hydroxylation sites is 1. The molecule has 0 saturated heterocycles. The highest BCUT2D eigenvalue weighted by molar-refractivity contribution is 9.10. The second-order valence-corrected chi connectivity index (χ2v) is 7.44. The zero-order valence-corrected chi connectivity index (χ0v) is 16.0. The first-order valence-electron chi connectivity index (χ1n) is 7.95. The van der Waals surface area contributed by atoms with Crippen molar-refractivity contribution in [3.05, 3.63) is 77.0 Å². The summed E-state index contributed by atoms with van der Waals surface area (Å²) in [6.45, 7) is 0.611. The maximum atomic E-state index is 11.9. The molecule has 0 spiro atoms. The van der Waals surface area contributed by atoms with E-state index in [-0.39, 0.29) is 5.91 Å². The number of aromatic nitrogens is 2. The molecule has 128 valence electrons. The van der Waals surface area contributed by atoms with Crippen LogP contribution in [-0.4, -0.2) is 28.0 Å². The fourth-order valence-corrected chi connectivity index (χ4v) is 3.28. The van der Waals surface area contributed by atoms with Crippen LogP contribution < -0.4 is 5.32 Å². The number of thioether (sulfide) groups is 1. The first-order valence-corrected chi connectivity index (χ1v) is 9.72. The molecule has 0 atom stereocenters. The molecule has 0 saturated carbocycles. The summed E-state index contributed by atoms with van der Waals surface area (Å²) in [5.41, 5.74) is 2.13. The Hall–Kier alpha value is -2.05. The van der Waals surface area contributed by atoms with Gasteiger partial charge < -0.3 is 5.32 Å². The third-order valence-corrected chi connectivity index (χ3v) is 5.12. The lowest BCUT2D eigenvalue weighted by Crippen LogP contribution is -2.27. The molecule has 0 bridgehead atoms. The average molecular weight is 416 g/mol. The van der Waals surface area contributed by atoms with Crippen molar-refractivity contribution in [2.24, 2.45) is 0 Å². The van der Waals surface area contributed by atoms with Crippen LogP contribution >= 0.6 is 27.7 Å². The molecule has 0 unspecified atom stereocenters. The molecule has 0 aliphatic carbocycles. The number of hydrogen-bond acceptors (Lipinski definition) is 3. The monoisotopic (exact) mass is 415 g/mol. The van der Waals surface area contributed by atoms with Crippen LogP contribution in [-0.2, 0) is 11.2 Å². The fraction of sp³-hybridized carbons (Fsp3) is 0.158. The molecule has 2 aromatic carbocycles. The van der Waals surface area contributed by atoms with Crippen molar-refractivity contribution in [1.29, 1.82) is 0 Å². The van der Waals surface area contributed by atoms with Gasteiger partial charge in [-0.2, -0.15) is 5.10 Å². The predicted molar refractivity (Wildman–Crippen MR) is 105 cm³/mol. The zero-order chi connectivity index (χ0) is 17.5. The molecular formula is C19H18BrN3OS. The number of amides is 1. The Morgan fingerprint density at radius 2 is 1.88 bits per heavy atom. The fourth-order valence-electron chi connectivity index (χ4n) is 2.29. The van der Waals surface area contributed by atoms with Gasteiger partial charge >= 0.3 is 0 Å². The van der Waals surface area contributed by atoms with E-state index in [9.17, 15) is 4.79 Å².